The first-order valence-electron chi connectivity index (χ1n) is 7.05. The number of hydrogen-bond acceptors (Lipinski definition) is 6. The van der Waals surface area contributed by atoms with Crippen molar-refractivity contribution in [3.8, 4) is 0 Å². The Bertz CT molecular complexity index is 608. The number of Topliss-reactive ketones (excluding diaryl/α,β-unsaturated/α-hetero) is 1. The third-order valence-corrected chi connectivity index (χ3v) is 3.36. The summed E-state index contributed by atoms with van der Waals surface area (Å²) in [6.07, 6.45) is 0.925. The predicted octanol–water partition coefficient (Wildman–Crippen LogP) is 1.52. The summed E-state index contributed by atoms with van der Waals surface area (Å²) in [5, 5.41) is 0. The molecule has 0 saturated carbocycles. The fraction of sp³-hybridized carbons (Fsp3) is 0.375. The van der Waals surface area contributed by atoms with Crippen molar-refractivity contribution >= 4 is 23.6 Å². The van der Waals surface area contributed by atoms with Crippen LogP contribution in [0.2, 0.25) is 0 Å². The molecule has 0 spiro atoms. The van der Waals surface area contributed by atoms with Gasteiger partial charge in [0.1, 0.15) is 5.92 Å². The van der Waals surface area contributed by atoms with Crippen LogP contribution in [0, 0.1) is 5.92 Å². The number of cyclic esters (lactones) is 1. The predicted molar refractivity (Wildman–Crippen MR) is 78.3 cm³/mol. The normalized spacial score (nSPS) is 18.4. The lowest BCUT2D eigenvalue weighted by Crippen LogP contribution is -2.36. The Morgan fingerprint density at radius 1 is 1.32 bits per heavy atom. The number of rotatable bonds is 6. The van der Waals surface area contributed by atoms with E-state index in [1.807, 2.05) is 13.0 Å². The zero-order valence-electron chi connectivity index (χ0n) is 12.4. The number of methoxy groups -OCH3 is 1. The van der Waals surface area contributed by atoms with Crippen LogP contribution in [0.5, 0.6) is 0 Å². The number of ether oxygens (including phenoxy) is 2. The molecule has 0 saturated heterocycles. The lowest BCUT2D eigenvalue weighted by Gasteiger charge is -2.13. The van der Waals surface area contributed by atoms with E-state index in [0.29, 0.717) is 18.4 Å². The van der Waals surface area contributed by atoms with Crippen LogP contribution in [-0.2, 0) is 23.9 Å². The highest BCUT2D eigenvalue weighted by Gasteiger charge is 2.41. The van der Waals surface area contributed by atoms with Gasteiger partial charge in [0.25, 0.3) is 0 Å². The van der Waals surface area contributed by atoms with E-state index in [1.165, 1.54) is 7.11 Å². The van der Waals surface area contributed by atoms with Crippen molar-refractivity contribution in [1.82, 2.24) is 0 Å². The van der Waals surface area contributed by atoms with Gasteiger partial charge < -0.3 is 9.47 Å². The zero-order chi connectivity index (χ0) is 16.1. The van der Waals surface area contributed by atoms with Gasteiger partial charge in [0.05, 0.1) is 7.11 Å². The molecule has 0 amide bonds. The van der Waals surface area contributed by atoms with Crippen LogP contribution in [0.4, 0.5) is 0 Å². The summed E-state index contributed by atoms with van der Waals surface area (Å²) >= 11 is 0. The zero-order valence-corrected chi connectivity index (χ0v) is 12.4. The van der Waals surface area contributed by atoms with E-state index in [9.17, 15) is 14.4 Å². The highest BCUT2D eigenvalue weighted by atomic mass is 16.6. The number of ketones is 1. The van der Waals surface area contributed by atoms with E-state index in [0.717, 1.165) is 0 Å². The molecule has 22 heavy (non-hydrogen) atoms. The number of nitrogens with zero attached hydrogens (tertiary/aromatic N) is 1. The van der Waals surface area contributed by atoms with Gasteiger partial charge in [0.2, 0.25) is 11.9 Å². The highest BCUT2D eigenvalue weighted by Crippen LogP contribution is 2.20. The van der Waals surface area contributed by atoms with Crippen LogP contribution in [0.1, 0.15) is 25.3 Å². The number of carbonyl (C=O) groups excluding carboxylic acids is 3. The fourth-order valence-corrected chi connectivity index (χ4v) is 2.24. The van der Waals surface area contributed by atoms with Crippen molar-refractivity contribution in [3.05, 3.63) is 35.9 Å². The Morgan fingerprint density at radius 2 is 2.00 bits per heavy atom. The van der Waals surface area contributed by atoms with Crippen LogP contribution in [0.15, 0.2) is 35.3 Å². The standard InChI is InChI=1S/C16H17NO5/c1-3-7-11(15(19)21-2)13(18)12-16(20)22-14(17-12)10-8-5-4-6-9-10/h4-6,8-9,11-12H,3,7H2,1-2H3. The maximum Gasteiger partial charge on any atom is 0.345 e. The Balaban J connectivity index is 2.23. The summed E-state index contributed by atoms with van der Waals surface area (Å²) in [5.74, 6) is -2.88. The second-order valence-electron chi connectivity index (χ2n) is 4.89. The highest BCUT2D eigenvalue weighted by molar-refractivity contribution is 6.18. The molecule has 0 fully saturated rings. The van der Waals surface area contributed by atoms with Crippen LogP contribution >= 0.6 is 0 Å². The smallest absolute Gasteiger partial charge is 0.345 e. The summed E-state index contributed by atoms with van der Waals surface area (Å²) in [7, 11) is 1.21. The molecule has 6 nitrogen and oxygen atoms in total. The third kappa shape index (κ3) is 3.21. The van der Waals surface area contributed by atoms with E-state index in [-0.39, 0.29) is 5.90 Å². The number of esters is 2. The van der Waals surface area contributed by atoms with Crippen LogP contribution in [0.3, 0.4) is 0 Å². The summed E-state index contributed by atoms with van der Waals surface area (Å²) in [5.41, 5.74) is 0.608. The van der Waals surface area contributed by atoms with Crippen molar-refractivity contribution < 1.29 is 23.9 Å². The average molecular weight is 303 g/mol. The van der Waals surface area contributed by atoms with Gasteiger partial charge in [-0.2, -0.15) is 0 Å². The molecule has 2 unspecified atom stereocenters. The van der Waals surface area contributed by atoms with Crippen molar-refractivity contribution in [3.63, 3.8) is 0 Å². The molecule has 0 radical (unpaired) electrons. The summed E-state index contributed by atoms with van der Waals surface area (Å²) < 4.78 is 9.69. The van der Waals surface area contributed by atoms with Crippen molar-refractivity contribution in [2.45, 2.75) is 25.8 Å². The maximum absolute atomic E-state index is 12.4. The first kappa shape index (κ1) is 15.9. The molecular weight excluding hydrogens is 286 g/mol. The summed E-state index contributed by atoms with van der Waals surface area (Å²) in [4.78, 5) is 40.1. The van der Waals surface area contributed by atoms with Gasteiger partial charge >= 0.3 is 11.9 Å². The van der Waals surface area contributed by atoms with Gasteiger partial charge in [0.15, 0.2) is 5.78 Å². The average Bonchev–Trinajstić information content (AvgIpc) is 2.94. The van der Waals surface area contributed by atoms with E-state index >= 15 is 0 Å². The molecule has 0 N–H and O–H groups in total. The Morgan fingerprint density at radius 3 is 2.59 bits per heavy atom. The number of benzene rings is 1. The first-order valence-corrected chi connectivity index (χ1v) is 7.05. The molecule has 1 heterocycles. The molecule has 1 aliphatic rings. The van der Waals surface area contributed by atoms with Crippen molar-refractivity contribution in [2.24, 2.45) is 10.9 Å². The summed E-state index contributed by atoms with van der Waals surface area (Å²) in [6, 6.07) is 7.51. The number of hydrogen-bond donors (Lipinski definition) is 0. The minimum absolute atomic E-state index is 0.101. The molecule has 1 aromatic carbocycles. The monoisotopic (exact) mass is 303 g/mol. The molecule has 2 atom stereocenters. The second-order valence-corrected chi connectivity index (χ2v) is 4.89. The van der Waals surface area contributed by atoms with E-state index in [4.69, 9.17) is 4.74 Å². The Kier molecular flexibility index (Phi) is 5.04. The van der Waals surface area contributed by atoms with Crippen molar-refractivity contribution in [2.75, 3.05) is 7.11 Å². The van der Waals surface area contributed by atoms with Crippen LogP contribution < -0.4 is 0 Å². The molecule has 1 aliphatic heterocycles. The molecule has 0 aliphatic carbocycles. The summed E-state index contributed by atoms with van der Waals surface area (Å²) in [6.45, 7) is 1.84. The van der Waals surface area contributed by atoms with Gasteiger partial charge in [-0.15, -0.1) is 0 Å². The lowest BCUT2D eigenvalue weighted by molar-refractivity contribution is -0.151. The maximum atomic E-state index is 12.4. The Hall–Kier alpha value is -2.50. The van der Waals surface area contributed by atoms with Crippen LogP contribution in [-0.4, -0.2) is 36.8 Å². The van der Waals surface area contributed by atoms with Gasteiger partial charge in [-0.25, -0.2) is 9.79 Å². The quantitative estimate of drug-likeness (QED) is 0.588. The minimum atomic E-state index is -1.30. The van der Waals surface area contributed by atoms with Gasteiger partial charge in [-0.3, -0.25) is 9.59 Å². The minimum Gasteiger partial charge on any atom is -0.468 e. The molecule has 6 heteroatoms. The topological polar surface area (TPSA) is 82.0 Å². The number of carbonyl (C=O) groups is 3. The van der Waals surface area contributed by atoms with E-state index in [1.54, 1.807) is 24.3 Å². The van der Waals surface area contributed by atoms with Crippen molar-refractivity contribution in [1.29, 1.82) is 0 Å². The number of aliphatic imine (C=N–C) groups is 1. The first-order chi connectivity index (χ1) is 10.6. The molecule has 0 bridgehead atoms. The van der Waals surface area contributed by atoms with E-state index < -0.39 is 29.7 Å². The molecule has 2 rings (SSSR count). The SMILES string of the molecule is CCCC(C(=O)OC)C(=O)C1N=C(c2ccccc2)OC1=O. The van der Waals surface area contributed by atoms with E-state index in [2.05, 4.69) is 9.73 Å². The fourth-order valence-electron chi connectivity index (χ4n) is 2.24. The molecule has 0 aromatic heterocycles. The third-order valence-electron chi connectivity index (χ3n) is 3.36. The van der Waals surface area contributed by atoms with Gasteiger partial charge in [-0.1, -0.05) is 31.5 Å². The lowest BCUT2D eigenvalue weighted by atomic mass is 9.94. The van der Waals surface area contributed by atoms with Gasteiger partial charge in [0, 0.05) is 5.56 Å². The largest absolute Gasteiger partial charge is 0.468 e. The van der Waals surface area contributed by atoms with Gasteiger partial charge in [-0.05, 0) is 18.6 Å². The molecule has 1 aromatic rings. The Labute approximate surface area is 128 Å². The second kappa shape index (κ2) is 6.98. The van der Waals surface area contributed by atoms with Crippen LogP contribution in [0.25, 0.3) is 0 Å². The molecular formula is C16H17NO5. The molecule has 116 valence electrons.